The van der Waals surface area contributed by atoms with Crippen molar-refractivity contribution in [2.45, 2.75) is 0 Å². The first-order chi connectivity index (χ1) is 16.5. The number of amides is 1. The molecule has 0 N–H and O–H groups in total. The van der Waals surface area contributed by atoms with E-state index in [1.54, 1.807) is 18.2 Å². The van der Waals surface area contributed by atoms with Gasteiger partial charge in [-0.15, -0.1) is 0 Å². The van der Waals surface area contributed by atoms with Crippen molar-refractivity contribution in [2.75, 3.05) is 25.2 Å². The van der Waals surface area contributed by atoms with E-state index < -0.39 is 0 Å². The van der Waals surface area contributed by atoms with E-state index in [2.05, 4.69) is 15.9 Å². The fraction of sp³-hybridized carbons (Fsp3) is 0.120. The second-order valence-corrected chi connectivity index (χ2v) is 10.0. The second kappa shape index (κ2) is 11.3. The average Bonchev–Trinajstić information content (AvgIpc) is 3.11. The summed E-state index contributed by atoms with van der Waals surface area (Å²) >= 11 is 16.6. The molecule has 174 valence electrons. The maximum atomic E-state index is 13.0. The smallest absolute Gasteiger partial charge is 0.270 e. The van der Waals surface area contributed by atoms with E-state index >= 15 is 0 Å². The molecule has 0 spiro atoms. The van der Waals surface area contributed by atoms with Gasteiger partial charge in [-0.2, -0.15) is 0 Å². The van der Waals surface area contributed by atoms with Gasteiger partial charge in [-0.1, -0.05) is 69.7 Å². The fourth-order valence-corrected chi connectivity index (χ4v) is 5.05. The third-order valence-corrected chi connectivity index (χ3v) is 6.88. The number of hydrogen-bond acceptors (Lipinski definition) is 6. The highest BCUT2D eigenvalue weighted by Crippen LogP contribution is 2.40. The highest BCUT2D eigenvalue weighted by Gasteiger charge is 2.33. The second-order valence-electron chi connectivity index (χ2n) is 7.04. The lowest BCUT2D eigenvalue weighted by atomic mass is 10.1. The Balaban J connectivity index is 1.46. The molecule has 9 heteroatoms. The number of para-hydroxylation sites is 1. The molecular weight excluding hydrogens is 558 g/mol. The predicted molar refractivity (Wildman–Crippen MR) is 145 cm³/mol. The zero-order valence-corrected chi connectivity index (χ0v) is 22.0. The monoisotopic (exact) mass is 575 g/mol. The number of carbonyl (C=O) groups excluding carboxylic acids is 1. The van der Waals surface area contributed by atoms with Crippen molar-refractivity contribution in [1.29, 1.82) is 0 Å². The zero-order valence-electron chi connectivity index (χ0n) is 18.0. The molecule has 0 bridgehead atoms. The van der Waals surface area contributed by atoms with Crippen molar-refractivity contribution in [1.82, 2.24) is 0 Å². The van der Waals surface area contributed by atoms with Gasteiger partial charge in [0.05, 0.1) is 22.7 Å². The quantitative estimate of drug-likeness (QED) is 0.164. The molecule has 1 heterocycles. The Kier molecular flexibility index (Phi) is 8.15. The first-order valence-electron chi connectivity index (χ1n) is 10.2. The molecule has 34 heavy (non-hydrogen) atoms. The lowest BCUT2D eigenvalue weighted by Gasteiger charge is -2.14. The number of ether oxygens (including phenoxy) is 3. The minimum Gasteiger partial charge on any atom is -0.493 e. The number of thioether (sulfide) groups is 1. The molecule has 1 saturated heterocycles. The number of rotatable bonds is 8. The molecular formula is C25H19BrClNO4S2. The summed E-state index contributed by atoms with van der Waals surface area (Å²) in [6.07, 6.45) is 1.75. The molecule has 0 radical (unpaired) electrons. The molecule has 1 aliphatic heterocycles. The van der Waals surface area contributed by atoms with Crippen LogP contribution in [0.5, 0.6) is 17.2 Å². The van der Waals surface area contributed by atoms with E-state index in [1.807, 2.05) is 54.6 Å². The van der Waals surface area contributed by atoms with Gasteiger partial charge in [0.1, 0.15) is 19.0 Å². The first kappa shape index (κ1) is 24.6. The number of halogens is 2. The van der Waals surface area contributed by atoms with Crippen LogP contribution in [0, 0.1) is 0 Å². The summed E-state index contributed by atoms with van der Waals surface area (Å²) in [6.45, 7) is 0.617. The number of thiocarbonyl (C=S) groups is 1. The van der Waals surface area contributed by atoms with Gasteiger partial charge >= 0.3 is 0 Å². The van der Waals surface area contributed by atoms with E-state index in [0.717, 1.165) is 15.9 Å². The summed E-state index contributed by atoms with van der Waals surface area (Å²) in [6, 6.07) is 20.4. The van der Waals surface area contributed by atoms with Gasteiger partial charge in [0, 0.05) is 4.47 Å². The van der Waals surface area contributed by atoms with Crippen LogP contribution in [0.1, 0.15) is 5.56 Å². The largest absolute Gasteiger partial charge is 0.493 e. The standard InChI is InChI=1S/C25H19BrClNO4S2/c1-30-21-14-16(15-22-24(29)28(25(33)34-22)18-5-3-2-4-6-18)13-20(27)23(21)32-12-11-31-19-9-7-17(26)8-10-19/h2-10,13-15H,11-12H2,1H3/b22-15-. The summed E-state index contributed by atoms with van der Waals surface area (Å²) in [5.74, 6) is 1.44. The van der Waals surface area contributed by atoms with Crippen LogP contribution in [0.2, 0.25) is 5.02 Å². The van der Waals surface area contributed by atoms with Crippen molar-refractivity contribution in [3.63, 3.8) is 0 Å². The van der Waals surface area contributed by atoms with E-state index in [0.29, 0.717) is 37.9 Å². The van der Waals surface area contributed by atoms with Crippen LogP contribution >= 0.6 is 51.5 Å². The van der Waals surface area contributed by atoms with Crippen LogP contribution in [-0.4, -0.2) is 30.6 Å². The Morgan fingerprint density at radius 3 is 2.47 bits per heavy atom. The summed E-state index contributed by atoms with van der Waals surface area (Å²) in [4.78, 5) is 15.0. The molecule has 3 aromatic carbocycles. The minimum atomic E-state index is -0.179. The van der Waals surface area contributed by atoms with Crippen molar-refractivity contribution >= 4 is 73.5 Å². The topological polar surface area (TPSA) is 48.0 Å². The summed E-state index contributed by atoms with van der Waals surface area (Å²) < 4.78 is 18.5. The van der Waals surface area contributed by atoms with E-state index in [4.69, 9.17) is 38.0 Å². The molecule has 3 aromatic rings. The minimum absolute atomic E-state index is 0.179. The molecule has 5 nitrogen and oxygen atoms in total. The van der Waals surface area contributed by atoms with Gasteiger partial charge in [-0.25, -0.2) is 0 Å². The van der Waals surface area contributed by atoms with Crippen LogP contribution in [0.25, 0.3) is 6.08 Å². The summed E-state index contributed by atoms with van der Waals surface area (Å²) in [5, 5.41) is 0.368. The van der Waals surface area contributed by atoms with Crippen LogP contribution in [0.4, 0.5) is 5.69 Å². The Morgan fingerprint density at radius 1 is 1.06 bits per heavy atom. The maximum Gasteiger partial charge on any atom is 0.270 e. The molecule has 1 fully saturated rings. The Morgan fingerprint density at radius 2 is 1.76 bits per heavy atom. The van der Waals surface area contributed by atoms with Crippen molar-refractivity contribution < 1.29 is 19.0 Å². The van der Waals surface area contributed by atoms with Crippen molar-refractivity contribution in [3.8, 4) is 17.2 Å². The van der Waals surface area contributed by atoms with E-state index in [9.17, 15) is 4.79 Å². The Bertz CT molecular complexity index is 1240. The fourth-order valence-electron chi connectivity index (χ4n) is 3.22. The van der Waals surface area contributed by atoms with Gasteiger partial charge in [0.15, 0.2) is 15.8 Å². The normalized spacial score (nSPS) is 14.6. The van der Waals surface area contributed by atoms with Gasteiger partial charge in [0.25, 0.3) is 5.91 Å². The first-order valence-corrected chi connectivity index (χ1v) is 12.6. The van der Waals surface area contributed by atoms with Crippen LogP contribution in [-0.2, 0) is 4.79 Å². The number of nitrogens with zero attached hydrogens (tertiary/aromatic N) is 1. The molecule has 1 amide bonds. The highest BCUT2D eigenvalue weighted by atomic mass is 79.9. The Labute approximate surface area is 220 Å². The molecule has 0 aliphatic carbocycles. The molecule has 0 unspecified atom stereocenters. The molecule has 4 rings (SSSR count). The van der Waals surface area contributed by atoms with Crippen LogP contribution in [0.15, 0.2) is 76.1 Å². The lowest BCUT2D eigenvalue weighted by Crippen LogP contribution is -2.27. The van der Waals surface area contributed by atoms with Crippen LogP contribution in [0.3, 0.4) is 0 Å². The lowest BCUT2D eigenvalue weighted by molar-refractivity contribution is -0.113. The SMILES string of the molecule is COc1cc(/C=C2\SC(=S)N(c3ccccc3)C2=O)cc(Cl)c1OCCOc1ccc(Br)cc1. The predicted octanol–water partition coefficient (Wildman–Crippen LogP) is 6.97. The third-order valence-electron chi connectivity index (χ3n) is 4.77. The van der Waals surface area contributed by atoms with Gasteiger partial charge < -0.3 is 14.2 Å². The van der Waals surface area contributed by atoms with Crippen LogP contribution < -0.4 is 19.1 Å². The maximum absolute atomic E-state index is 13.0. The number of anilines is 1. The zero-order chi connectivity index (χ0) is 24.1. The molecule has 1 aliphatic rings. The molecule has 0 saturated carbocycles. The van der Waals surface area contributed by atoms with Crippen molar-refractivity contribution in [3.05, 3.63) is 86.7 Å². The Hall–Kier alpha value is -2.52. The summed E-state index contributed by atoms with van der Waals surface area (Å²) in [5.41, 5.74) is 1.44. The number of methoxy groups -OCH3 is 1. The van der Waals surface area contributed by atoms with Gasteiger partial charge in [-0.05, 0) is 60.2 Å². The molecule has 0 aromatic heterocycles. The van der Waals surface area contributed by atoms with Crippen molar-refractivity contribution in [2.24, 2.45) is 0 Å². The highest BCUT2D eigenvalue weighted by molar-refractivity contribution is 9.10. The van der Waals surface area contributed by atoms with Gasteiger partial charge in [0.2, 0.25) is 0 Å². The third kappa shape index (κ3) is 5.75. The number of benzene rings is 3. The van der Waals surface area contributed by atoms with E-state index in [-0.39, 0.29) is 12.5 Å². The van der Waals surface area contributed by atoms with E-state index in [1.165, 1.54) is 23.8 Å². The number of carbonyl (C=O) groups is 1. The summed E-state index contributed by atoms with van der Waals surface area (Å²) in [7, 11) is 1.54. The number of hydrogen-bond donors (Lipinski definition) is 0. The average molecular weight is 577 g/mol. The molecule has 0 atom stereocenters. The van der Waals surface area contributed by atoms with Gasteiger partial charge in [-0.3, -0.25) is 9.69 Å².